The minimum absolute atomic E-state index is 0.310. The first-order valence-corrected chi connectivity index (χ1v) is 7.20. The molecule has 0 aliphatic rings. The highest BCUT2D eigenvalue weighted by Gasteiger charge is 2.12. The van der Waals surface area contributed by atoms with Crippen LogP contribution in [0.4, 0.5) is 0 Å². The summed E-state index contributed by atoms with van der Waals surface area (Å²) < 4.78 is 12.1. The van der Waals surface area contributed by atoms with Crippen molar-refractivity contribution >= 4 is 11.1 Å². The third-order valence-electron chi connectivity index (χ3n) is 3.67. The van der Waals surface area contributed by atoms with E-state index in [1.807, 2.05) is 48.5 Å². The number of ether oxygens (including phenoxy) is 1. The lowest BCUT2D eigenvalue weighted by Gasteiger charge is -2.14. The van der Waals surface area contributed by atoms with Gasteiger partial charge in [0.2, 0.25) is 0 Å². The number of nitrogens with one attached hydrogen (secondary N) is 1. The van der Waals surface area contributed by atoms with E-state index in [1.165, 1.54) is 10.5 Å². The molecule has 1 N–H and O–H groups in total. The zero-order valence-electron chi connectivity index (χ0n) is 12.7. The Labute approximate surface area is 128 Å². The SMILES string of the molecule is COc1ccc(C[NH+](C)Cn2c(=O)oc3ccccc32)cc1. The van der Waals surface area contributed by atoms with Crippen molar-refractivity contribution in [3.8, 4) is 5.75 Å². The van der Waals surface area contributed by atoms with Crippen LogP contribution in [0.1, 0.15) is 5.56 Å². The fraction of sp³-hybridized carbons (Fsp3) is 0.235. The molecule has 0 amide bonds. The van der Waals surface area contributed by atoms with E-state index < -0.39 is 0 Å². The maximum atomic E-state index is 12.0. The lowest BCUT2D eigenvalue weighted by Crippen LogP contribution is -3.07. The van der Waals surface area contributed by atoms with Gasteiger partial charge in [-0.15, -0.1) is 0 Å². The van der Waals surface area contributed by atoms with E-state index in [9.17, 15) is 4.79 Å². The van der Waals surface area contributed by atoms with E-state index in [4.69, 9.17) is 9.15 Å². The number of hydrogen-bond acceptors (Lipinski definition) is 3. The molecule has 1 atom stereocenters. The lowest BCUT2D eigenvalue weighted by molar-refractivity contribution is -0.916. The van der Waals surface area contributed by atoms with Crippen molar-refractivity contribution in [2.45, 2.75) is 13.2 Å². The molecule has 5 heteroatoms. The van der Waals surface area contributed by atoms with Crippen LogP contribution in [-0.4, -0.2) is 18.7 Å². The van der Waals surface area contributed by atoms with Crippen molar-refractivity contribution in [1.29, 1.82) is 0 Å². The number of nitrogens with zero attached hydrogens (tertiary/aromatic N) is 1. The molecule has 0 aliphatic heterocycles. The van der Waals surface area contributed by atoms with Gasteiger partial charge >= 0.3 is 5.76 Å². The van der Waals surface area contributed by atoms with Crippen LogP contribution < -0.4 is 15.4 Å². The molecule has 1 heterocycles. The second-order valence-electron chi connectivity index (χ2n) is 5.40. The normalized spacial score (nSPS) is 12.5. The average Bonchev–Trinajstić information content (AvgIpc) is 2.84. The molecule has 3 aromatic rings. The summed E-state index contributed by atoms with van der Waals surface area (Å²) in [5.41, 5.74) is 2.66. The van der Waals surface area contributed by atoms with Gasteiger partial charge in [0, 0.05) is 5.56 Å². The topological polar surface area (TPSA) is 48.8 Å². The summed E-state index contributed by atoms with van der Waals surface area (Å²) in [4.78, 5) is 13.2. The number of fused-ring (bicyclic) bond motifs is 1. The Morgan fingerprint density at radius 3 is 2.59 bits per heavy atom. The van der Waals surface area contributed by atoms with E-state index >= 15 is 0 Å². The first-order valence-electron chi connectivity index (χ1n) is 7.20. The van der Waals surface area contributed by atoms with Gasteiger partial charge in [-0.25, -0.2) is 9.36 Å². The summed E-state index contributed by atoms with van der Waals surface area (Å²) in [5, 5.41) is 0. The quantitative estimate of drug-likeness (QED) is 0.772. The highest BCUT2D eigenvalue weighted by molar-refractivity contribution is 5.72. The van der Waals surface area contributed by atoms with E-state index in [0.717, 1.165) is 17.8 Å². The molecule has 1 unspecified atom stereocenters. The Bertz CT molecular complexity index is 818. The lowest BCUT2D eigenvalue weighted by atomic mass is 10.2. The fourth-order valence-electron chi connectivity index (χ4n) is 2.58. The molecular weight excluding hydrogens is 280 g/mol. The molecule has 22 heavy (non-hydrogen) atoms. The van der Waals surface area contributed by atoms with Crippen molar-refractivity contribution in [3.05, 3.63) is 64.6 Å². The van der Waals surface area contributed by atoms with Crippen LogP contribution in [0.25, 0.3) is 11.1 Å². The number of para-hydroxylation sites is 2. The summed E-state index contributed by atoms with van der Waals surface area (Å²) in [6, 6.07) is 15.5. The molecule has 0 saturated heterocycles. The Kier molecular flexibility index (Phi) is 3.98. The first kappa shape index (κ1) is 14.4. The summed E-state index contributed by atoms with van der Waals surface area (Å²) in [6.45, 7) is 1.37. The van der Waals surface area contributed by atoms with Gasteiger partial charge in [0.1, 0.15) is 12.3 Å². The maximum Gasteiger partial charge on any atom is 0.424 e. The summed E-state index contributed by atoms with van der Waals surface area (Å²) >= 11 is 0. The first-order chi connectivity index (χ1) is 10.7. The molecular formula is C17H19N2O3+. The highest BCUT2D eigenvalue weighted by Crippen LogP contribution is 2.11. The number of oxazole rings is 1. The number of methoxy groups -OCH3 is 1. The smallest absolute Gasteiger partial charge is 0.424 e. The second-order valence-corrected chi connectivity index (χ2v) is 5.40. The minimum Gasteiger partial charge on any atom is -0.497 e. The summed E-state index contributed by atoms with van der Waals surface area (Å²) in [5.74, 6) is 0.536. The van der Waals surface area contributed by atoms with Crippen LogP contribution in [0.2, 0.25) is 0 Å². The van der Waals surface area contributed by atoms with Gasteiger partial charge < -0.3 is 14.1 Å². The third-order valence-corrected chi connectivity index (χ3v) is 3.67. The summed E-state index contributed by atoms with van der Waals surface area (Å²) in [6.07, 6.45) is 0. The Hall–Kier alpha value is -2.53. The molecule has 0 fully saturated rings. The second kappa shape index (κ2) is 6.07. The molecule has 0 aliphatic carbocycles. The maximum absolute atomic E-state index is 12.0. The monoisotopic (exact) mass is 299 g/mol. The van der Waals surface area contributed by atoms with Crippen LogP contribution in [0.15, 0.2) is 57.7 Å². The van der Waals surface area contributed by atoms with Gasteiger partial charge in [-0.1, -0.05) is 12.1 Å². The summed E-state index contributed by atoms with van der Waals surface area (Å²) in [7, 11) is 3.71. The van der Waals surface area contributed by atoms with Gasteiger partial charge in [-0.05, 0) is 36.4 Å². The zero-order chi connectivity index (χ0) is 15.5. The van der Waals surface area contributed by atoms with E-state index in [0.29, 0.717) is 12.3 Å². The number of aromatic nitrogens is 1. The highest BCUT2D eigenvalue weighted by atomic mass is 16.5. The fourth-order valence-corrected chi connectivity index (χ4v) is 2.58. The van der Waals surface area contributed by atoms with Crippen LogP contribution in [0, 0.1) is 0 Å². The van der Waals surface area contributed by atoms with Gasteiger partial charge in [0.05, 0.1) is 19.7 Å². The molecule has 1 aromatic heterocycles. The molecule has 5 nitrogen and oxygen atoms in total. The van der Waals surface area contributed by atoms with Gasteiger partial charge in [0.25, 0.3) is 0 Å². The van der Waals surface area contributed by atoms with Crippen molar-refractivity contribution in [1.82, 2.24) is 4.57 Å². The molecule has 0 spiro atoms. The van der Waals surface area contributed by atoms with Gasteiger partial charge in [-0.2, -0.15) is 0 Å². The van der Waals surface area contributed by atoms with Crippen molar-refractivity contribution in [2.24, 2.45) is 0 Å². The zero-order valence-corrected chi connectivity index (χ0v) is 12.7. The molecule has 3 rings (SSSR count). The largest absolute Gasteiger partial charge is 0.497 e. The van der Waals surface area contributed by atoms with E-state index in [-0.39, 0.29) is 5.76 Å². The predicted octanol–water partition coefficient (Wildman–Crippen LogP) is 1.28. The standard InChI is InChI=1S/C17H18N2O3/c1-18(11-13-7-9-14(21-2)10-8-13)12-19-15-5-3-4-6-16(15)22-17(19)20/h3-10H,11-12H2,1-2H3/p+1. The molecule has 2 aromatic carbocycles. The number of hydrogen-bond donors (Lipinski definition) is 1. The van der Waals surface area contributed by atoms with Gasteiger partial charge in [-0.3, -0.25) is 0 Å². The Morgan fingerprint density at radius 1 is 1.14 bits per heavy atom. The predicted molar refractivity (Wildman–Crippen MR) is 84.1 cm³/mol. The van der Waals surface area contributed by atoms with Crippen molar-refractivity contribution in [3.63, 3.8) is 0 Å². The molecule has 114 valence electrons. The molecule has 0 saturated carbocycles. The van der Waals surface area contributed by atoms with E-state index in [2.05, 4.69) is 7.05 Å². The number of benzene rings is 2. The van der Waals surface area contributed by atoms with Crippen molar-refractivity contribution < 1.29 is 14.1 Å². The Balaban J connectivity index is 1.76. The van der Waals surface area contributed by atoms with Crippen LogP contribution >= 0.6 is 0 Å². The van der Waals surface area contributed by atoms with Crippen LogP contribution in [0.5, 0.6) is 5.75 Å². The average molecular weight is 299 g/mol. The number of quaternary nitrogens is 1. The van der Waals surface area contributed by atoms with Crippen LogP contribution in [0.3, 0.4) is 0 Å². The third kappa shape index (κ3) is 2.89. The minimum atomic E-state index is -0.310. The van der Waals surface area contributed by atoms with E-state index in [1.54, 1.807) is 11.7 Å². The Morgan fingerprint density at radius 2 is 1.86 bits per heavy atom. The van der Waals surface area contributed by atoms with Gasteiger partial charge in [0.15, 0.2) is 12.3 Å². The number of rotatable bonds is 5. The molecule has 0 radical (unpaired) electrons. The molecule has 0 bridgehead atoms. The van der Waals surface area contributed by atoms with Crippen LogP contribution in [-0.2, 0) is 13.2 Å². The van der Waals surface area contributed by atoms with Crippen molar-refractivity contribution in [2.75, 3.05) is 14.2 Å².